The van der Waals surface area contributed by atoms with Crippen molar-refractivity contribution in [3.63, 3.8) is 0 Å². The van der Waals surface area contributed by atoms with Crippen molar-refractivity contribution in [2.75, 3.05) is 0 Å². The molecule has 98 valence electrons. The zero-order chi connectivity index (χ0) is 13.1. The van der Waals surface area contributed by atoms with Crippen molar-refractivity contribution in [3.05, 3.63) is 12.0 Å². The minimum absolute atomic E-state index is 0.0398. The highest BCUT2D eigenvalue weighted by Gasteiger charge is 2.18. The molecular formula is C11H19ClN2O2S. The van der Waals surface area contributed by atoms with Crippen LogP contribution in [0.25, 0.3) is 0 Å². The van der Waals surface area contributed by atoms with Crippen LogP contribution in [0.1, 0.15) is 39.4 Å². The van der Waals surface area contributed by atoms with Crippen LogP contribution in [0.3, 0.4) is 0 Å². The number of hydrogen-bond acceptors (Lipinski definition) is 3. The Labute approximate surface area is 107 Å². The molecule has 0 saturated carbocycles. The van der Waals surface area contributed by atoms with Crippen LogP contribution in [0.4, 0.5) is 0 Å². The third kappa shape index (κ3) is 3.71. The second kappa shape index (κ2) is 5.87. The van der Waals surface area contributed by atoms with Gasteiger partial charge in [-0.15, -0.1) is 0 Å². The summed E-state index contributed by atoms with van der Waals surface area (Å²) < 4.78 is 24.4. The Bertz CT molecular complexity index is 464. The van der Waals surface area contributed by atoms with Crippen LogP contribution in [0.2, 0.25) is 0 Å². The quantitative estimate of drug-likeness (QED) is 0.752. The van der Waals surface area contributed by atoms with Gasteiger partial charge in [0.25, 0.3) is 9.05 Å². The van der Waals surface area contributed by atoms with Gasteiger partial charge in [0.05, 0.1) is 0 Å². The van der Waals surface area contributed by atoms with Gasteiger partial charge >= 0.3 is 0 Å². The molecule has 0 aromatic carbocycles. The maximum Gasteiger partial charge on any atom is 0.280 e. The number of imidazole rings is 1. The second-order valence-corrected chi connectivity index (χ2v) is 6.63. The molecule has 0 spiro atoms. The van der Waals surface area contributed by atoms with E-state index in [-0.39, 0.29) is 5.03 Å². The Morgan fingerprint density at radius 1 is 1.35 bits per heavy atom. The summed E-state index contributed by atoms with van der Waals surface area (Å²) in [6.45, 7) is 7.03. The number of aryl methyl sites for hydroxylation is 1. The molecule has 0 unspecified atom stereocenters. The van der Waals surface area contributed by atoms with Crippen molar-refractivity contribution in [2.45, 2.75) is 51.6 Å². The molecule has 1 rings (SSSR count). The van der Waals surface area contributed by atoms with Crippen LogP contribution in [0.15, 0.2) is 11.2 Å². The normalized spacial score (nSPS) is 12.3. The van der Waals surface area contributed by atoms with Gasteiger partial charge in [0.15, 0.2) is 5.03 Å². The summed E-state index contributed by atoms with van der Waals surface area (Å²) in [6.07, 6.45) is 4.38. The summed E-state index contributed by atoms with van der Waals surface area (Å²) >= 11 is 0. The average Bonchev–Trinajstić information content (AvgIpc) is 2.68. The molecule has 0 amide bonds. The second-order valence-electron chi connectivity index (χ2n) is 4.12. The van der Waals surface area contributed by atoms with Crippen LogP contribution in [0, 0.1) is 5.92 Å². The van der Waals surface area contributed by atoms with E-state index >= 15 is 0 Å². The molecule has 0 saturated heterocycles. The van der Waals surface area contributed by atoms with Gasteiger partial charge in [0.2, 0.25) is 0 Å². The number of rotatable bonds is 6. The van der Waals surface area contributed by atoms with Gasteiger partial charge in [-0.3, -0.25) is 0 Å². The zero-order valence-electron chi connectivity index (χ0n) is 10.5. The lowest BCUT2D eigenvalue weighted by atomic mass is 10.0. The molecule has 0 bridgehead atoms. The Morgan fingerprint density at radius 3 is 2.35 bits per heavy atom. The van der Waals surface area contributed by atoms with Gasteiger partial charge in [-0.05, 0) is 5.92 Å². The Morgan fingerprint density at radius 2 is 1.94 bits per heavy atom. The molecule has 1 aromatic heterocycles. The van der Waals surface area contributed by atoms with Crippen LogP contribution in [0.5, 0.6) is 0 Å². The third-order valence-electron chi connectivity index (χ3n) is 3.01. The van der Waals surface area contributed by atoms with E-state index in [4.69, 9.17) is 10.7 Å². The summed E-state index contributed by atoms with van der Waals surface area (Å²) in [6, 6.07) is 0. The van der Waals surface area contributed by atoms with Gasteiger partial charge in [0.1, 0.15) is 5.82 Å². The van der Waals surface area contributed by atoms with E-state index < -0.39 is 9.05 Å². The smallest absolute Gasteiger partial charge is 0.280 e. The van der Waals surface area contributed by atoms with Crippen molar-refractivity contribution in [1.29, 1.82) is 0 Å². The number of halogens is 1. The maximum atomic E-state index is 11.2. The fourth-order valence-electron chi connectivity index (χ4n) is 1.81. The summed E-state index contributed by atoms with van der Waals surface area (Å²) in [5, 5.41) is -0.0398. The van der Waals surface area contributed by atoms with Crippen LogP contribution < -0.4 is 0 Å². The molecule has 0 aliphatic carbocycles. The van der Waals surface area contributed by atoms with E-state index in [2.05, 4.69) is 18.8 Å². The molecule has 0 aliphatic rings. The fourth-order valence-corrected chi connectivity index (χ4v) is 2.50. The van der Waals surface area contributed by atoms with E-state index in [1.807, 2.05) is 11.5 Å². The van der Waals surface area contributed by atoms with Crippen molar-refractivity contribution in [3.8, 4) is 0 Å². The first-order valence-corrected chi connectivity index (χ1v) is 8.23. The molecule has 1 aromatic rings. The minimum Gasteiger partial charge on any atom is -0.333 e. The van der Waals surface area contributed by atoms with E-state index in [1.165, 1.54) is 0 Å². The lowest BCUT2D eigenvalue weighted by molar-refractivity contribution is 0.411. The molecule has 4 nitrogen and oxygen atoms in total. The summed E-state index contributed by atoms with van der Waals surface area (Å²) in [7, 11) is 1.58. The van der Waals surface area contributed by atoms with Gasteiger partial charge < -0.3 is 4.57 Å². The van der Waals surface area contributed by atoms with Gasteiger partial charge in [-0.1, -0.05) is 33.6 Å². The first-order valence-electron chi connectivity index (χ1n) is 5.93. The fraction of sp³-hybridized carbons (Fsp3) is 0.727. The van der Waals surface area contributed by atoms with Crippen molar-refractivity contribution in [2.24, 2.45) is 5.92 Å². The maximum absolute atomic E-state index is 11.2. The molecule has 1 heterocycles. The lowest BCUT2D eigenvalue weighted by Gasteiger charge is -2.14. The van der Waals surface area contributed by atoms with Gasteiger partial charge in [0, 0.05) is 29.8 Å². The topological polar surface area (TPSA) is 52.0 Å². The first kappa shape index (κ1) is 14.5. The average molecular weight is 279 g/mol. The molecule has 6 heteroatoms. The monoisotopic (exact) mass is 278 g/mol. The number of aromatic nitrogens is 2. The van der Waals surface area contributed by atoms with Gasteiger partial charge in [-0.2, -0.15) is 0 Å². The van der Waals surface area contributed by atoms with Crippen molar-refractivity contribution >= 4 is 19.7 Å². The van der Waals surface area contributed by atoms with Crippen molar-refractivity contribution in [1.82, 2.24) is 9.55 Å². The van der Waals surface area contributed by atoms with Crippen molar-refractivity contribution < 1.29 is 8.42 Å². The molecular weight excluding hydrogens is 260 g/mol. The molecule has 17 heavy (non-hydrogen) atoms. The summed E-state index contributed by atoms with van der Waals surface area (Å²) in [4.78, 5) is 4.06. The lowest BCUT2D eigenvalue weighted by Crippen LogP contribution is -2.10. The standard InChI is InChI=1S/C11H19ClN2O2S/c1-4-9(5-2)7-14-8-11(17(12,15)16)13-10(14)6-3/h8-9H,4-7H2,1-3H3. The number of hydrogen-bond donors (Lipinski definition) is 0. The predicted molar refractivity (Wildman–Crippen MR) is 68.7 cm³/mol. The molecule has 0 N–H and O–H groups in total. The molecule has 0 atom stereocenters. The highest BCUT2D eigenvalue weighted by Crippen LogP contribution is 2.18. The van der Waals surface area contributed by atoms with Crippen LogP contribution in [-0.4, -0.2) is 18.0 Å². The van der Waals surface area contributed by atoms with Crippen LogP contribution in [-0.2, 0) is 22.0 Å². The first-order chi connectivity index (χ1) is 7.92. The van der Waals surface area contributed by atoms with E-state index in [0.29, 0.717) is 12.3 Å². The van der Waals surface area contributed by atoms with E-state index in [1.54, 1.807) is 6.20 Å². The summed E-state index contributed by atoms with van der Waals surface area (Å²) in [5.41, 5.74) is 0. The van der Waals surface area contributed by atoms with E-state index in [0.717, 1.165) is 25.2 Å². The Kier molecular flexibility index (Phi) is 5.01. The zero-order valence-corrected chi connectivity index (χ0v) is 12.1. The third-order valence-corrected chi connectivity index (χ3v) is 4.18. The predicted octanol–water partition coefficient (Wildman–Crippen LogP) is 2.81. The highest BCUT2D eigenvalue weighted by molar-refractivity contribution is 8.13. The SMILES string of the molecule is CCc1nc(S(=O)(=O)Cl)cn1CC(CC)CC. The van der Waals surface area contributed by atoms with E-state index in [9.17, 15) is 8.42 Å². The van der Waals surface area contributed by atoms with Crippen LogP contribution >= 0.6 is 10.7 Å². The molecule has 0 radical (unpaired) electrons. The minimum atomic E-state index is -3.72. The summed E-state index contributed by atoms with van der Waals surface area (Å²) in [5.74, 6) is 1.32. The largest absolute Gasteiger partial charge is 0.333 e. The molecule has 0 aliphatic heterocycles. The Balaban J connectivity index is 3.03. The molecule has 0 fully saturated rings. The highest BCUT2D eigenvalue weighted by atomic mass is 35.7. The Hall–Kier alpha value is -0.550. The number of nitrogens with zero attached hydrogens (tertiary/aromatic N) is 2. The van der Waals surface area contributed by atoms with Gasteiger partial charge in [-0.25, -0.2) is 13.4 Å².